The summed E-state index contributed by atoms with van der Waals surface area (Å²) in [5.41, 5.74) is 13.2. The van der Waals surface area contributed by atoms with Gasteiger partial charge in [-0.2, -0.15) is 0 Å². The van der Waals surface area contributed by atoms with Crippen molar-refractivity contribution in [3.05, 3.63) is 40.8 Å². The summed E-state index contributed by atoms with van der Waals surface area (Å²) < 4.78 is 0. The van der Waals surface area contributed by atoms with E-state index >= 15 is 0 Å². The highest BCUT2D eigenvalue weighted by molar-refractivity contribution is 8.00. The van der Waals surface area contributed by atoms with Gasteiger partial charge in [0.1, 0.15) is 5.00 Å². The van der Waals surface area contributed by atoms with Gasteiger partial charge >= 0.3 is 0 Å². The minimum absolute atomic E-state index is 0.204. The van der Waals surface area contributed by atoms with E-state index in [0.29, 0.717) is 16.3 Å². The first-order chi connectivity index (χ1) is 9.97. The molecule has 1 aromatic carbocycles. The monoisotopic (exact) mass is 321 g/mol. The highest BCUT2D eigenvalue weighted by Crippen LogP contribution is 2.27. The molecule has 0 aliphatic heterocycles. The van der Waals surface area contributed by atoms with Crippen LogP contribution >= 0.6 is 23.1 Å². The zero-order valence-corrected chi connectivity index (χ0v) is 13.0. The molecular formula is C14H15N3O2S2. The molecule has 0 aliphatic carbocycles. The van der Waals surface area contributed by atoms with Gasteiger partial charge in [-0.3, -0.25) is 9.59 Å². The average molecular weight is 321 g/mol. The molecule has 0 radical (unpaired) electrons. The molecule has 0 saturated carbocycles. The number of benzene rings is 1. The van der Waals surface area contributed by atoms with E-state index in [2.05, 4.69) is 5.32 Å². The van der Waals surface area contributed by atoms with Crippen molar-refractivity contribution in [2.75, 3.05) is 16.8 Å². The number of primary amides is 1. The summed E-state index contributed by atoms with van der Waals surface area (Å²) in [6.07, 6.45) is 0. The van der Waals surface area contributed by atoms with Crippen molar-refractivity contribution in [2.45, 2.75) is 11.8 Å². The van der Waals surface area contributed by atoms with Crippen molar-refractivity contribution < 1.29 is 9.59 Å². The lowest BCUT2D eigenvalue weighted by Crippen LogP contribution is -2.17. The first-order valence-electron chi connectivity index (χ1n) is 6.13. The molecule has 110 valence electrons. The quantitative estimate of drug-likeness (QED) is 0.582. The minimum atomic E-state index is -0.554. The molecule has 1 heterocycles. The third kappa shape index (κ3) is 3.99. The van der Waals surface area contributed by atoms with Crippen LogP contribution in [0.25, 0.3) is 0 Å². The van der Waals surface area contributed by atoms with E-state index in [4.69, 9.17) is 11.5 Å². The van der Waals surface area contributed by atoms with E-state index in [1.54, 1.807) is 11.4 Å². The Labute approximate surface area is 130 Å². The molecule has 5 N–H and O–H groups in total. The topological polar surface area (TPSA) is 98.2 Å². The molecule has 2 aromatic rings. The highest BCUT2D eigenvalue weighted by Gasteiger charge is 2.13. The molecule has 0 aliphatic rings. The van der Waals surface area contributed by atoms with Gasteiger partial charge in [0.15, 0.2) is 0 Å². The Kier molecular flexibility index (Phi) is 4.87. The van der Waals surface area contributed by atoms with Crippen LogP contribution in [0.5, 0.6) is 0 Å². The number of hydrogen-bond donors (Lipinski definition) is 3. The van der Waals surface area contributed by atoms with E-state index in [1.807, 2.05) is 25.1 Å². The van der Waals surface area contributed by atoms with Crippen LogP contribution in [-0.2, 0) is 4.79 Å². The lowest BCUT2D eigenvalue weighted by molar-refractivity contribution is -0.113. The first-order valence-corrected chi connectivity index (χ1v) is 8.00. The maximum Gasteiger partial charge on any atom is 0.251 e. The van der Waals surface area contributed by atoms with Crippen LogP contribution < -0.4 is 16.8 Å². The molecule has 0 atom stereocenters. The molecule has 0 spiro atoms. The summed E-state index contributed by atoms with van der Waals surface area (Å²) >= 11 is 2.62. The smallest absolute Gasteiger partial charge is 0.251 e. The predicted octanol–water partition coefficient (Wildman–Crippen LogP) is 2.47. The van der Waals surface area contributed by atoms with E-state index in [0.717, 1.165) is 10.5 Å². The fourth-order valence-electron chi connectivity index (χ4n) is 1.71. The number of hydrogen-bond acceptors (Lipinski definition) is 5. The maximum atomic E-state index is 11.9. The van der Waals surface area contributed by atoms with E-state index in [-0.39, 0.29) is 11.7 Å². The minimum Gasteiger partial charge on any atom is -0.398 e. The number of rotatable bonds is 5. The van der Waals surface area contributed by atoms with Crippen LogP contribution in [0.2, 0.25) is 0 Å². The summed E-state index contributed by atoms with van der Waals surface area (Å²) in [6.45, 7) is 1.96. The molecule has 7 heteroatoms. The van der Waals surface area contributed by atoms with Crippen molar-refractivity contribution in [2.24, 2.45) is 5.73 Å². The molecule has 2 rings (SSSR count). The second-order valence-corrected chi connectivity index (χ2v) is 6.34. The molecule has 21 heavy (non-hydrogen) atoms. The Balaban J connectivity index is 1.96. The third-order valence-electron chi connectivity index (χ3n) is 2.71. The van der Waals surface area contributed by atoms with Gasteiger partial charge in [-0.1, -0.05) is 6.07 Å². The van der Waals surface area contributed by atoms with Crippen LogP contribution in [0.4, 0.5) is 10.7 Å². The van der Waals surface area contributed by atoms with Gasteiger partial charge in [-0.15, -0.1) is 23.1 Å². The first kappa shape index (κ1) is 15.4. The summed E-state index contributed by atoms with van der Waals surface area (Å²) in [6, 6.07) is 7.29. The number of nitrogens with one attached hydrogen (secondary N) is 1. The van der Waals surface area contributed by atoms with E-state index < -0.39 is 5.91 Å². The van der Waals surface area contributed by atoms with Crippen molar-refractivity contribution in [3.8, 4) is 0 Å². The summed E-state index contributed by atoms with van der Waals surface area (Å²) in [4.78, 5) is 24.0. The predicted molar refractivity (Wildman–Crippen MR) is 87.8 cm³/mol. The standard InChI is InChI=1S/C14H15N3O2S2/c1-8-2-3-11(10(15)6-8)21-7-12(18)17-14-9(13(16)19)4-5-20-14/h2-6H,7,15H2,1H3,(H2,16,19)(H,17,18). The second-order valence-electron chi connectivity index (χ2n) is 4.41. The summed E-state index contributed by atoms with van der Waals surface area (Å²) in [5, 5.41) is 4.88. The number of nitrogen functional groups attached to an aromatic ring is 1. The van der Waals surface area contributed by atoms with Crippen molar-refractivity contribution in [3.63, 3.8) is 0 Å². The molecule has 2 amide bonds. The highest BCUT2D eigenvalue weighted by atomic mass is 32.2. The molecule has 5 nitrogen and oxygen atoms in total. The Morgan fingerprint density at radius 2 is 2.10 bits per heavy atom. The fourth-order valence-corrected chi connectivity index (χ4v) is 3.26. The summed E-state index contributed by atoms with van der Waals surface area (Å²) in [5.74, 6) is -0.546. The molecule has 0 bridgehead atoms. The number of carbonyl (C=O) groups is 2. The Morgan fingerprint density at radius 1 is 1.33 bits per heavy atom. The summed E-state index contributed by atoms with van der Waals surface area (Å²) in [7, 11) is 0. The van der Waals surface area contributed by atoms with Gasteiger partial charge in [0.05, 0.1) is 11.3 Å². The fraction of sp³-hybridized carbons (Fsp3) is 0.143. The lowest BCUT2D eigenvalue weighted by atomic mass is 10.2. The molecule has 0 unspecified atom stereocenters. The number of thioether (sulfide) groups is 1. The van der Waals surface area contributed by atoms with E-state index in [1.165, 1.54) is 23.1 Å². The average Bonchev–Trinajstić information content (AvgIpc) is 2.86. The number of nitrogens with two attached hydrogens (primary N) is 2. The number of aryl methyl sites for hydroxylation is 1. The Morgan fingerprint density at radius 3 is 2.76 bits per heavy atom. The van der Waals surface area contributed by atoms with Crippen molar-refractivity contribution in [1.82, 2.24) is 0 Å². The maximum absolute atomic E-state index is 11.9. The Bertz CT molecular complexity index is 683. The van der Waals surface area contributed by atoms with Gasteiger partial charge in [0, 0.05) is 10.6 Å². The molecular weight excluding hydrogens is 306 g/mol. The molecule has 0 fully saturated rings. The largest absolute Gasteiger partial charge is 0.398 e. The number of anilines is 2. The van der Waals surface area contributed by atoms with E-state index in [9.17, 15) is 9.59 Å². The van der Waals surface area contributed by atoms with Crippen LogP contribution in [0, 0.1) is 6.92 Å². The van der Waals surface area contributed by atoms with Gasteiger partial charge in [-0.05, 0) is 36.1 Å². The second kappa shape index (κ2) is 6.64. The zero-order chi connectivity index (χ0) is 15.4. The van der Waals surface area contributed by atoms with Crippen LogP contribution in [-0.4, -0.2) is 17.6 Å². The van der Waals surface area contributed by atoms with Crippen molar-refractivity contribution >= 4 is 45.6 Å². The van der Waals surface area contributed by atoms with Gasteiger partial charge in [-0.25, -0.2) is 0 Å². The zero-order valence-electron chi connectivity index (χ0n) is 11.4. The van der Waals surface area contributed by atoms with Crippen LogP contribution in [0.15, 0.2) is 34.5 Å². The Hall–Kier alpha value is -1.99. The number of carbonyl (C=O) groups excluding carboxylic acids is 2. The van der Waals surface area contributed by atoms with Crippen LogP contribution in [0.3, 0.4) is 0 Å². The lowest BCUT2D eigenvalue weighted by Gasteiger charge is -2.07. The third-order valence-corrected chi connectivity index (χ3v) is 4.63. The normalized spacial score (nSPS) is 10.3. The van der Waals surface area contributed by atoms with Crippen molar-refractivity contribution in [1.29, 1.82) is 0 Å². The number of thiophene rings is 1. The van der Waals surface area contributed by atoms with Gasteiger partial charge < -0.3 is 16.8 Å². The molecule has 0 saturated heterocycles. The van der Waals surface area contributed by atoms with Gasteiger partial charge in [0.2, 0.25) is 5.91 Å². The number of amides is 2. The van der Waals surface area contributed by atoms with Crippen LogP contribution in [0.1, 0.15) is 15.9 Å². The SMILES string of the molecule is Cc1ccc(SCC(=O)Nc2sccc2C(N)=O)c(N)c1. The van der Waals surface area contributed by atoms with Gasteiger partial charge in [0.25, 0.3) is 5.91 Å². The molecule has 1 aromatic heterocycles.